The lowest BCUT2D eigenvalue weighted by Crippen LogP contribution is -1.98. The number of rotatable bonds is 3. The number of hydrogen-bond acceptors (Lipinski definition) is 2. The van der Waals surface area contributed by atoms with Crippen molar-refractivity contribution >= 4 is 23.2 Å². The molecule has 0 heterocycles. The Morgan fingerprint density at radius 3 is 2.71 bits per heavy atom. The molecule has 0 amide bonds. The minimum Gasteiger partial charge on any atom is -0.488 e. The zero-order valence-corrected chi connectivity index (χ0v) is 12.4. The number of aliphatic hydroxyl groups is 1. The maximum Gasteiger partial charge on any atom is 0.135 e. The molecule has 108 valence electrons. The molecular formula is C16H11Cl2FO2. The molecule has 0 aromatic heterocycles. The van der Waals surface area contributed by atoms with Gasteiger partial charge in [-0.15, -0.1) is 0 Å². The molecule has 0 saturated carbocycles. The van der Waals surface area contributed by atoms with Gasteiger partial charge in [-0.1, -0.05) is 35.0 Å². The van der Waals surface area contributed by atoms with Gasteiger partial charge in [0.15, 0.2) is 0 Å². The second-order valence-corrected chi connectivity index (χ2v) is 4.97. The highest BCUT2D eigenvalue weighted by Gasteiger charge is 2.06. The fraction of sp³-hybridized carbons (Fsp3) is 0.125. The molecule has 0 bridgehead atoms. The van der Waals surface area contributed by atoms with E-state index in [1.54, 1.807) is 18.2 Å². The van der Waals surface area contributed by atoms with Crippen molar-refractivity contribution in [3.63, 3.8) is 0 Å². The molecule has 0 aliphatic carbocycles. The van der Waals surface area contributed by atoms with Gasteiger partial charge >= 0.3 is 0 Å². The van der Waals surface area contributed by atoms with E-state index in [-0.39, 0.29) is 13.2 Å². The Morgan fingerprint density at radius 1 is 1.14 bits per heavy atom. The SMILES string of the molecule is OCC#Cc1cc(F)ccc1OCc1cc(Cl)ccc1Cl. The molecule has 0 saturated heterocycles. The first-order chi connectivity index (χ1) is 10.1. The molecule has 0 aliphatic rings. The Labute approximate surface area is 132 Å². The van der Waals surface area contributed by atoms with E-state index < -0.39 is 5.82 Å². The Hall–Kier alpha value is -1.73. The van der Waals surface area contributed by atoms with Crippen LogP contribution in [0.25, 0.3) is 0 Å². The summed E-state index contributed by atoms with van der Waals surface area (Å²) in [6.07, 6.45) is 0. The van der Waals surface area contributed by atoms with E-state index in [2.05, 4.69) is 11.8 Å². The number of hydrogen-bond donors (Lipinski definition) is 1. The average Bonchev–Trinajstić information content (AvgIpc) is 2.47. The third-order valence-electron chi connectivity index (χ3n) is 2.63. The van der Waals surface area contributed by atoms with Crippen LogP contribution in [0.3, 0.4) is 0 Å². The first kappa shape index (κ1) is 15.7. The van der Waals surface area contributed by atoms with Crippen LogP contribution in [0.5, 0.6) is 5.75 Å². The Bertz CT molecular complexity index is 705. The van der Waals surface area contributed by atoms with Gasteiger partial charge in [0.1, 0.15) is 24.8 Å². The zero-order valence-electron chi connectivity index (χ0n) is 10.9. The molecule has 0 aliphatic heterocycles. The topological polar surface area (TPSA) is 29.5 Å². The fourth-order valence-corrected chi connectivity index (χ4v) is 2.04. The monoisotopic (exact) mass is 324 g/mol. The molecule has 0 fully saturated rings. The molecule has 2 rings (SSSR count). The van der Waals surface area contributed by atoms with Gasteiger partial charge in [0.2, 0.25) is 0 Å². The minimum absolute atomic E-state index is 0.179. The highest BCUT2D eigenvalue weighted by Crippen LogP contribution is 2.24. The molecule has 2 aromatic carbocycles. The predicted octanol–water partition coefficient (Wildman–Crippen LogP) is 4.06. The summed E-state index contributed by atoms with van der Waals surface area (Å²) in [4.78, 5) is 0. The molecule has 0 spiro atoms. The molecule has 0 unspecified atom stereocenters. The van der Waals surface area contributed by atoms with Crippen LogP contribution in [0, 0.1) is 17.7 Å². The molecular weight excluding hydrogens is 314 g/mol. The van der Waals surface area contributed by atoms with E-state index in [0.717, 1.165) is 5.56 Å². The highest BCUT2D eigenvalue weighted by molar-refractivity contribution is 6.33. The first-order valence-corrected chi connectivity index (χ1v) is 6.82. The van der Waals surface area contributed by atoms with Gasteiger partial charge in [-0.2, -0.15) is 0 Å². The van der Waals surface area contributed by atoms with Crippen molar-refractivity contribution in [2.45, 2.75) is 6.61 Å². The van der Waals surface area contributed by atoms with Gasteiger partial charge in [-0.25, -0.2) is 4.39 Å². The Kier molecular flexibility index (Phi) is 5.46. The number of benzene rings is 2. The summed E-state index contributed by atoms with van der Waals surface area (Å²) >= 11 is 12.0. The van der Waals surface area contributed by atoms with Crippen molar-refractivity contribution < 1.29 is 14.2 Å². The third kappa shape index (κ3) is 4.37. The highest BCUT2D eigenvalue weighted by atomic mass is 35.5. The summed E-state index contributed by atoms with van der Waals surface area (Å²) in [6.45, 7) is -0.130. The van der Waals surface area contributed by atoms with Gasteiger partial charge < -0.3 is 9.84 Å². The van der Waals surface area contributed by atoms with Crippen molar-refractivity contribution in [2.75, 3.05) is 6.61 Å². The predicted molar refractivity (Wildman–Crippen MR) is 81.2 cm³/mol. The quantitative estimate of drug-likeness (QED) is 0.863. The Morgan fingerprint density at radius 2 is 1.95 bits per heavy atom. The minimum atomic E-state index is -0.426. The van der Waals surface area contributed by atoms with Crippen LogP contribution < -0.4 is 4.74 Å². The maximum atomic E-state index is 13.2. The van der Waals surface area contributed by atoms with E-state index >= 15 is 0 Å². The number of aliphatic hydroxyl groups excluding tert-OH is 1. The second-order valence-electron chi connectivity index (χ2n) is 4.12. The van der Waals surface area contributed by atoms with Crippen molar-refractivity contribution in [3.8, 4) is 17.6 Å². The van der Waals surface area contributed by atoms with E-state index in [4.69, 9.17) is 33.0 Å². The molecule has 5 heteroatoms. The third-order valence-corrected chi connectivity index (χ3v) is 3.24. The van der Waals surface area contributed by atoms with Crippen LogP contribution >= 0.6 is 23.2 Å². The summed E-state index contributed by atoms with van der Waals surface area (Å²) in [7, 11) is 0. The summed E-state index contributed by atoms with van der Waals surface area (Å²) < 4.78 is 18.8. The van der Waals surface area contributed by atoms with Gasteiger partial charge in [-0.05, 0) is 36.4 Å². The first-order valence-electron chi connectivity index (χ1n) is 6.06. The number of halogens is 3. The van der Waals surface area contributed by atoms with Crippen LogP contribution in [0.4, 0.5) is 4.39 Å². The van der Waals surface area contributed by atoms with E-state index in [9.17, 15) is 4.39 Å². The molecule has 0 radical (unpaired) electrons. The average molecular weight is 325 g/mol. The lowest BCUT2D eigenvalue weighted by Gasteiger charge is -2.10. The maximum absolute atomic E-state index is 13.2. The van der Waals surface area contributed by atoms with E-state index in [1.807, 2.05) is 0 Å². The summed E-state index contributed by atoms with van der Waals surface area (Å²) in [5.74, 6) is 5.09. The molecule has 2 aromatic rings. The van der Waals surface area contributed by atoms with E-state index in [1.165, 1.54) is 18.2 Å². The van der Waals surface area contributed by atoms with Gasteiger partial charge in [0.05, 0.1) is 5.56 Å². The van der Waals surface area contributed by atoms with Crippen molar-refractivity contribution in [3.05, 3.63) is 63.4 Å². The summed E-state index contributed by atoms with van der Waals surface area (Å²) in [5, 5.41) is 9.81. The standard InChI is InChI=1S/C16H11Cl2FO2/c17-13-3-5-15(18)12(8-13)10-21-16-6-4-14(19)9-11(16)2-1-7-20/h3-6,8-9,20H,7,10H2. The molecule has 1 N–H and O–H groups in total. The van der Waals surface area contributed by atoms with Crippen LogP contribution in [0.15, 0.2) is 36.4 Å². The van der Waals surface area contributed by atoms with Crippen molar-refractivity contribution in [2.24, 2.45) is 0 Å². The molecule has 21 heavy (non-hydrogen) atoms. The van der Waals surface area contributed by atoms with Gasteiger partial charge in [0.25, 0.3) is 0 Å². The largest absolute Gasteiger partial charge is 0.488 e. The lowest BCUT2D eigenvalue weighted by atomic mass is 10.2. The smallest absolute Gasteiger partial charge is 0.135 e. The normalized spacial score (nSPS) is 9.90. The summed E-state index contributed by atoms with van der Waals surface area (Å²) in [6, 6.07) is 9.07. The van der Waals surface area contributed by atoms with E-state index in [0.29, 0.717) is 21.4 Å². The van der Waals surface area contributed by atoms with Crippen LogP contribution in [0.2, 0.25) is 10.0 Å². The number of ether oxygens (including phenoxy) is 1. The fourth-order valence-electron chi connectivity index (χ4n) is 1.67. The van der Waals surface area contributed by atoms with Gasteiger partial charge in [-0.3, -0.25) is 0 Å². The van der Waals surface area contributed by atoms with Gasteiger partial charge in [0, 0.05) is 15.6 Å². The van der Waals surface area contributed by atoms with Crippen LogP contribution in [-0.4, -0.2) is 11.7 Å². The lowest BCUT2D eigenvalue weighted by molar-refractivity contribution is 0.305. The Balaban J connectivity index is 2.21. The van der Waals surface area contributed by atoms with Crippen molar-refractivity contribution in [1.29, 1.82) is 0 Å². The van der Waals surface area contributed by atoms with Crippen LogP contribution in [0.1, 0.15) is 11.1 Å². The molecule has 2 nitrogen and oxygen atoms in total. The summed E-state index contributed by atoms with van der Waals surface area (Å²) in [5.41, 5.74) is 1.08. The van der Waals surface area contributed by atoms with Crippen LogP contribution in [-0.2, 0) is 6.61 Å². The molecule has 0 atom stereocenters. The second kappa shape index (κ2) is 7.33. The van der Waals surface area contributed by atoms with Crippen molar-refractivity contribution in [1.82, 2.24) is 0 Å². The zero-order chi connectivity index (χ0) is 15.2.